The second-order valence-electron chi connectivity index (χ2n) is 5.86. The minimum Gasteiger partial charge on any atom is -0.485 e. The molecule has 0 saturated heterocycles. The Balaban J connectivity index is 2.02. The van der Waals surface area contributed by atoms with Crippen LogP contribution in [0.5, 0.6) is 5.75 Å². The van der Waals surface area contributed by atoms with Crippen molar-refractivity contribution in [2.24, 2.45) is 5.16 Å². The third kappa shape index (κ3) is 3.89. The maximum atomic E-state index is 13.0. The highest BCUT2D eigenvalue weighted by Gasteiger charge is 2.34. The minimum absolute atomic E-state index is 0.0559. The van der Waals surface area contributed by atoms with Crippen molar-refractivity contribution >= 4 is 11.7 Å². The van der Waals surface area contributed by atoms with E-state index in [9.17, 15) is 18.0 Å². The molecule has 0 radical (unpaired) electrons. The molecule has 0 saturated carbocycles. The summed E-state index contributed by atoms with van der Waals surface area (Å²) < 4.78 is 49.6. The number of benzene rings is 2. The number of methoxy groups -OCH3 is 1. The lowest BCUT2D eigenvalue weighted by atomic mass is 9.94. The van der Waals surface area contributed by atoms with Crippen LogP contribution in [0, 0.1) is 0 Å². The molecule has 1 aliphatic heterocycles. The summed E-state index contributed by atoms with van der Waals surface area (Å²) in [6, 6.07) is 9.77. The van der Waals surface area contributed by atoms with Crippen molar-refractivity contribution in [3.63, 3.8) is 0 Å². The fourth-order valence-electron chi connectivity index (χ4n) is 2.88. The van der Waals surface area contributed by atoms with Gasteiger partial charge in [-0.3, -0.25) is 0 Å². The number of fused-ring (bicyclic) bond motifs is 1. The molecule has 1 atom stereocenters. The number of hydrogen-bond donors (Lipinski definition) is 0. The van der Waals surface area contributed by atoms with Gasteiger partial charge in [0.05, 0.1) is 23.9 Å². The number of halogens is 3. The molecule has 1 heterocycles. The number of carbonyl (C=O) groups is 1. The zero-order valence-corrected chi connectivity index (χ0v) is 14.5. The van der Waals surface area contributed by atoms with E-state index in [-0.39, 0.29) is 12.2 Å². The van der Waals surface area contributed by atoms with E-state index in [4.69, 9.17) is 14.3 Å². The molecule has 0 spiro atoms. The van der Waals surface area contributed by atoms with Crippen LogP contribution < -0.4 is 4.74 Å². The first-order chi connectivity index (χ1) is 12.8. The second kappa shape index (κ2) is 7.30. The Morgan fingerprint density at radius 1 is 1.19 bits per heavy atom. The summed E-state index contributed by atoms with van der Waals surface area (Å²) >= 11 is 0. The van der Waals surface area contributed by atoms with Crippen LogP contribution >= 0.6 is 0 Å². The topological polar surface area (TPSA) is 57.1 Å². The fourth-order valence-corrected chi connectivity index (χ4v) is 2.88. The molecular formula is C19H16F3NO4. The Bertz CT molecular complexity index is 893. The average molecular weight is 379 g/mol. The van der Waals surface area contributed by atoms with Crippen molar-refractivity contribution in [2.45, 2.75) is 18.7 Å². The Kier molecular flexibility index (Phi) is 5.07. The first-order valence-electron chi connectivity index (χ1n) is 8.00. The molecule has 1 unspecified atom stereocenters. The van der Waals surface area contributed by atoms with Crippen molar-refractivity contribution < 1.29 is 32.3 Å². The Labute approximate surface area is 153 Å². The van der Waals surface area contributed by atoms with Crippen LogP contribution in [0.4, 0.5) is 13.2 Å². The molecule has 0 N–H and O–H groups in total. The maximum absolute atomic E-state index is 13.0. The molecule has 3 rings (SSSR count). The van der Waals surface area contributed by atoms with E-state index in [2.05, 4.69) is 5.16 Å². The maximum Gasteiger partial charge on any atom is 0.416 e. The summed E-state index contributed by atoms with van der Waals surface area (Å²) in [5.74, 6) is -0.460. The van der Waals surface area contributed by atoms with Crippen molar-refractivity contribution in [3.8, 4) is 5.75 Å². The lowest BCUT2D eigenvalue weighted by molar-refractivity contribution is -0.137. The summed E-state index contributed by atoms with van der Waals surface area (Å²) in [4.78, 5) is 16.6. The lowest BCUT2D eigenvalue weighted by Gasteiger charge is -2.28. The number of rotatable bonds is 3. The Morgan fingerprint density at radius 3 is 2.63 bits per heavy atom. The molecule has 0 amide bonds. The molecule has 0 fully saturated rings. The Hall–Kier alpha value is -3.03. The molecule has 2 aromatic carbocycles. The fraction of sp³-hybridized carbons (Fsp3) is 0.263. The highest BCUT2D eigenvalue weighted by Crippen LogP contribution is 2.39. The van der Waals surface area contributed by atoms with Crippen LogP contribution in [0.2, 0.25) is 0 Å². The van der Waals surface area contributed by atoms with Gasteiger partial charge in [0.15, 0.2) is 0 Å². The highest BCUT2D eigenvalue weighted by molar-refractivity contribution is 6.04. The predicted molar refractivity (Wildman–Crippen MR) is 90.8 cm³/mol. The van der Waals surface area contributed by atoms with Gasteiger partial charge < -0.3 is 14.3 Å². The first kappa shape index (κ1) is 18.8. The van der Waals surface area contributed by atoms with Gasteiger partial charge in [-0.2, -0.15) is 13.2 Å². The SMILES string of the molecule is CON=C1CC(c2cccc(C(=O)OC)c2)Oc2cc(C(F)(F)F)ccc21. The highest BCUT2D eigenvalue weighted by atomic mass is 19.4. The molecule has 142 valence electrons. The van der Waals surface area contributed by atoms with Crippen LogP contribution in [0.3, 0.4) is 0 Å². The van der Waals surface area contributed by atoms with E-state index in [0.29, 0.717) is 22.4 Å². The molecule has 8 heteroatoms. The molecule has 0 aromatic heterocycles. The van der Waals surface area contributed by atoms with Gasteiger partial charge >= 0.3 is 12.1 Å². The van der Waals surface area contributed by atoms with Crippen molar-refractivity contribution in [1.29, 1.82) is 0 Å². The number of ether oxygens (including phenoxy) is 2. The zero-order valence-electron chi connectivity index (χ0n) is 14.5. The Morgan fingerprint density at radius 2 is 1.96 bits per heavy atom. The van der Waals surface area contributed by atoms with Crippen LogP contribution in [0.25, 0.3) is 0 Å². The molecular weight excluding hydrogens is 363 g/mol. The van der Waals surface area contributed by atoms with E-state index < -0.39 is 23.8 Å². The third-order valence-electron chi connectivity index (χ3n) is 4.15. The standard InChI is InChI=1S/C19H16F3NO4/c1-25-18(24)12-5-3-4-11(8-12)16-10-15(23-26-2)14-7-6-13(19(20,21)22)9-17(14)27-16/h3-9,16H,10H2,1-2H3. The average Bonchev–Trinajstić information content (AvgIpc) is 2.66. The summed E-state index contributed by atoms with van der Waals surface area (Å²) in [5.41, 5.74) is 1.01. The van der Waals surface area contributed by atoms with Gasteiger partial charge in [0, 0.05) is 12.0 Å². The summed E-state index contributed by atoms with van der Waals surface area (Å²) in [5, 5.41) is 3.93. The number of hydrogen-bond acceptors (Lipinski definition) is 5. The number of alkyl halides is 3. The van der Waals surface area contributed by atoms with Gasteiger partial charge in [-0.15, -0.1) is 0 Å². The van der Waals surface area contributed by atoms with Gasteiger partial charge in [-0.25, -0.2) is 4.79 Å². The van der Waals surface area contributed by atoms with Gasteiger partial charge in [0.1, 0.15) is 19.0 Å². The molecule has 27 heavy (non-hydrogen) atoms. The first-order valence-corrected chi connectivity index (χ1v) is 8.00. The van der Waals surface area contributed by atoms with Crippen molar-refractivity contribution in [1.82, 2.24) is 0 Å². The molecule has 2 aromatic rings. The predicted octanol–water partition coefficient (Wildman–Crippen LogP) is 4.37. The van der Waals surface area contributed by atoms with Crippen LogP contribution in [-0.4, -0.2) is 25.9 Å². The van der Waals surface area contributed by atoms with E-state index in [1.807, 2.05) is 0 Å². The van der Waals surface area contributed by atoms with E-state index in [1.165, 1.54) is 20.3 Å². The van der Waals surface area contributed by atoms with Gasteiger partial charge in [0.25, 0.3) is 0 Å². The number of nitrogens with zero attached hydrogens (tertiary/aromatic N) is 1. The van der Waals surface area contributed by atoms with E-state index in [0.717, 1.165) is 12.1 Å². The monoisotopic (exact) mass is 379 g/mol. The zero-order chi connectivity index (χ0) is 19.6. The van der Waals surface area contributed by atoms with Crippen molar-refractivity contribution in [3.05, 3.63) is 64.7 Å². The lowest BCUT2D eigenvalue weighted by Crippen LogP contribution is -2.22. The summed E-state index contributed by atoms with van der Waals surface area (Å²) in [6.45, 7) is 0. The smallest absolute Gasteiger partial charge is 0.416 e. The van der Waals surface area contributed by atoms with E-state index in [1.54, 1.807) is 24.3 Å². The molecule has 5 nitrogen and oxygen atoms in total. The molecule has 0 aliphatic carbocycles. The molecule has 0 bridgehead atoms. The normalized spacial score (nSPS) is 17.8. The van der Waals surface area contributed by atoms with Gasteiger partial charge in [-0.1, -0.05) is 17.3 Å². The van der Waals surface area contributed by atoms with Gasteiger partial charge in [-0.05, 0) is 35.9 Å². The minimum atomic E-state index is -4.49. The molecule has 1 aliphatic rings. The van der Waals surface area contributed by atoms with Gasteiger partial charge in [0.2, 0.25) is 0 Å². The number of esters is 1. The van der Waals surface area contributed by atoms with Crippen LogP contribution in [0.1, 0.15) is 39.6 Å². The summed E-state index contributed by atoms with van der Waals surface area (Å²) in [7, 11) is 2.63. The summed E-state index contributed by atoms with van der Waals surface area (Å²) in [6.07, 6.45) is -4.84. The number of oxime groups is 1. The third-order valence-corrected chi connectivity index (χ3v) is 4.15. The number of carbonyl (C=O) groups excluding carboxylic acids is 1. The largest absolute Gasteiger partial charge is 0.485 e. The van der Waals surface area contributed by atoms with Crippen LogP contribution in [0.15, 0.2) is 47.6 Å². The quantitative estimate of drug-likeness (QED) is 0.587. The second-order valence-corrected chi connectivity index (χ2v) is 5.86. The van der Waals surface area contributed by atoms with Crippen molar-refractivity contribution in [2.75, 3.05) is 14.2 Å². The van der Waals surface area contributed by atoms with Crippen LogP contribution in [-0.2, 0) is 15.8 Å². The van der Waals surface area contributed by atoms with E-state index >= 15 is 0 Å².